The van der Waals surface area contributed by atoms with E-state index in [4.69, 9.17) is 9.47 Å². The second-order valence-corrected chi connectivity index (χ2v) is 6.59. The lowest BCUT2D eigenvalue weighted by Crippen LogP contribution is -2.33. The van der Waals surface area contributed by atoms with Gasteiger partial charge in [0, 0.05) is 12.1 Å². The summed E-state index contributed by atoms with van der Waals surface area (Å²) in [6.45, 7) is 2.01. The van der Waals surface area contributed by atoms with Gasteiger partial charge in [-0.3, -0.25) is 14.9 Å². The molecule has 1 atom stereocenters. The van der Waals surface area contributed by atoms with Crippen LogP contribution < -0.4 is 14.9 Å². The Morgan fingerprint density at radius 3 is 2.52 bits per heavy atom. The molecule has 0 saturated heterocycles. The quantitative estimate of drug-likeness (QED) is 0.320. The molecule has 158 valence electrons. The Kier molecular flexibility index (Phi) is 7.31. The average molecular weight is 419 g/mol. The predicted molar refractivity (Wildman–Crippen MR) is 116 cm³/mol. The smallest absolute Gasteiger partial charge is 0.280 e. The molecule has 0 aliphatic rings. The lowest BCUT2D eigenvalue weighted by Gasteiger charge is -2.12. The standard InChI is InChI=1S/C23H21N3O5/c1-17(31-21-12-10-20(11-13-21)26(28)29)23(27)25-24-15-19-8-5-9-22(14-19)30-16-18-6-3-2-4-7-18/h2-15,17H,16H2,1H3,(H,25,27)/b24-15-/t17-/m1/s1. The number of nitro groups is 1. The normalized spacial score (nSPS) is 11.6. The number of hydrogen-bond donors (Lipinski definition) is 1. The molecule has 8 nitrogen and oxygen atoms in total. The first kappa shape index (κ1) is 21.5. The molecule has 0 radical (unpaired) electrons. The van der Waals surface area contributed by atoms with Crippen LogP contribution in [0.5, 0.6) is 11.5 Å². The maximum Gasteiger partial charge on any atom is 0.280 e. The van der Waals surface area contributed by atoms with Crippen LogP contribution in [-0.4, -0.2) is 23.1 Å². The molecule has 0 aromatic heterocycles. The zero-order chi connectivity index (χ0) is 22.1. The summed E-state index contributed by atoms with van der Waals surface area (Å²) in [5.74, 6) is 0.584. The summed E-state index contributed by atoms with van der Waals surface area (Å²) in [6, 6.07) is 22.7. The largest absolute Gasteiger partial charge is 0.489 e. The van der Waals surface area contributed by atoms with Crippen molar-refractivity contribution in [1.29, 1.82) is 0 Å². The molecule has 1 N–H and O–H groups in total. The van der Waals surface area contributed by atoms with Gasteiger partial charge >= 0.3 is 0 Å². The minimum atomic E-state index is -0.834. The van der Waals surface area contributed by atoms with E-state index in [-0.39, 0.29) is 5.69 Å². The summed E-state index contributed by atoms with van der Waals surface area (Å²) in [6.07, 6.45) is 0.672. The van der Waals surface area contributed by atoms with E-state index in [1.807, 2.05) is 54.6 Å². The average Bonchev–Trinajstić information content (AvgIpc) is 2.79. The van der Waals surface area contributed by atoms with Crippen molar-refractivity contribution in [2.24, 2.45) is 5.10 Å². The Balaban J connectivity index is 1.50. The van der Waals surface area contributed by atoms with Crippen LogP contribution in [0.25, 0.3) is 0 Å². The molecule has 1 amide bonds. The SMILES string of the molecule is C[C@@H](Oc1ccc([N+](=O)[O-])cc1)C(=O)N/N=C\c1cccc(OCc2ccccc2)c1. The van der Waals surface area contributed by atoms with Crippen LogP contribution in [0.1, 0.15) is 18.1 Å². The van der Waals surface area contributed by atoms with Crippen LogP contribution in [0.15, 0.2) is 84.0 Å². The third-order valence-corrected chi connectivity index (χ3v) is 4.22. The second kappa shape index (κ2) is 10.5. The number of nitrogens with one attached hydrogen (secondary N) is 1. The van der Waals surface area contributed by atoms with Crippen molar-refractivity contribution in [1.82, 2.24) is 5.43 Å². The number of ether oxygens (including phenoxy) is 2. The third-order valence-electron chi connectivity index (χ3n) is 4.22. The van der Waals surface area contributed by atoms with E-state index in [1.165, 1.54) is 30.5 Å². The molecule has 0 aliphatic carbocycles. The maximum atomic E-state index is 12.2. The number of amides is 1. The second-order valence-electron chi connectivity index (χ2n) is 6.59. The number of non-ortho nitro benzene ring substituents is 1. The van der Waals surface area contributed by atoms with Gasteiger partial charge in [0.15, 0.2) is 6.10 Å². The molecule has 8 heteroatoms. The van der Waals surface area contributed by atoms with Gasteiger partial charge in [0.2, 0.25) is 0 Å². The number of carbonyl (C=O) groups is 1. The molecule has 0 unspecified atom stereocenters. The first-order chi connectivity index (χ1) is 15.0. The molecule has 0 fully saturated rings. The van der Waals surface area contributed by atoms with Gasteiger partial charge in [0.1, 0.15) is 18.1 Å². The van der Waals surface area contributed by atoms with E-state index in [0.29, 0.717) is 18.1 Å². The lowest BCUT2D eigenvalue weighted by atomic mass is 10.2. The predicted octanol–water partition coefficient (Wildman–Crippen LogP) is 4.09. The summed E-state index contributed by atoms with van der Waals surface area (Å²) in [5, 5.41) is 14.6. The van der Waals surface area contributed by atoms with Crippen LogP contribution in [0.3, 0.4) is 0 Å². The molecular weight excluding hydrogens is 398 g/mol. The number of hydrazone groups is 1. The number of rotatable bonds is 9. The first-order valence-corrected chi connectivity index (χ1v) is 9.52. The van der Waals surface area contributed by atoms with Crippen LogP contribution in [0, 0.1) is 10.1 Å². The van der Waals surface area contributed by atoms with Crippen molar-refractivity contribution >= 4 is 17.8 Å². The number of benzene rings is 3. The van der Waals surface area contributed by atoms with Crippen LogP contribution in [-0.2, 0) is 11.4 Å². The zero-order valence-corrected chi connectivity index (χ0v) is 16.8. The van der Waals surface area contributed by atoms with Gasteiger partial charge in [-0.2, -0.15) is 5.10 Å². The number of nitrogens with zero attached hydrogens (tertiary/aromatic N) is 2. The van der Waals surface area contributed by atoms with Crippen molar-refractivity contribution in [3.63, 3.8) is 0 Å². The van der Waals surface area contributed by atoms with Crippen molar-refractivity contribution in [3.8, 4) is 11.5 Å². The molecule has 0 aliphatic heterocycles. The van der Waals surface area contributed by atoms with Gasteiger partial charge in [-0.1, -0.05) is 42.5 Å². The number of hydrogen-bond acceptors (Lipinski definition) is 6. The molecule has 0 bridgehead atoms. The summed E-state index contributed by atoms with van der Waals surface area (Å²) >= 11 is 0. The van der Waals surface area contributed by atoms with Gasteiger partial charge in [-0.15, -0.1) is 0 Å². The summed E-state index contributed by atoms with van der Waals surface area (Å²) in [5.41, 5.74) is 4.19. The highest BCUT2D eigenvalue weighted by atomic mass is 16.6. The van der Waals surface area contributed by atoms with E-state index >= 15 is 0 Å². The monoisotopic (exact) mass is 419 g/mol. The maximum absolute atomic E-state index is 12.2. The van der Waals surface area contributed by atoms with Crippen molar-refractivity contribution < 1.29 is 19.2 Å². The molecule has 0 spiro atoms. The van der Waals surface area contributed by atoms with Crippen LogP contribution in [0.2, 0.25) is 0 Å². The Morgan fingerprint density at radius 1 is 1.06 bits per heavy atom. The summed E-state index contributed by atoms with van der Waals surface area (Å²) in [4.78, 5) is 22.3. The zero-order valence-electron chi connectivity index (χ0n) is 16.8. The fourth-order valence-corrected chi connectivity index (χ4v) is 2.59. The van der Waals surface area contributed by atoms with Gasteiger partial charge < -0.3 is 9.47 Å². The molecular formula is C23H21N3O5. The van der Waals surface area contributed by atoms with E-state index in [2.05, 4.69) is 10.5 Å². The Hall–Kier alpha value is -4.20. The molecule has 3 rings (SSSR count). The van der Waals surface area contributed by atoms with Crippen molar-refractivity contribution in [2.45, 2.75) is 19.6 Å². The van der Waals surface area contributed by atoms with E-state index < -0.39 is 16.9 Å². The topological polar surface area (TPSA) is 103 Å². The fourth-order valence-electron chi connectivity index (χ4n) is 2.59. The molecule has 0 saturated carbocycles. The minimum Gasteiger partial charge on any atom is -0.489 e. The Bertz CT molecular complexity index is 1050. The van der Waals surface area contributed by atoms with Gasteiger partial charge in [0.25, 0.3) is 11.6 Å². The number of nitro benzene ring substituents is 1. The third kappa shape index (κ3) is 6.67. The minimum absolute atomic E-state index is 0.0518. The fraction of sp³-hybridized carbons (Fsp3) is 0.130. The van der Waals surface area contributed by atoms with E-state index in [1.54, 1.807) is 6.92 Å². The first-order valence-electron chi connectivity index (χ1n) is 9.52. The Labute approximate surface area is 179 Å². The van der Waals surface area contributed by atoms with Gasteiger partial charge in [0.05, 0.1) is 11.1 Å². The lowest BCUT2D eigenvalue weighted by molar-refractivity contribution is -0.384. The molecule has 0 heterocycles. The van der Waals surface area contributed by atoms with Crippen molar-refractivity contribution in [2.75, 3.05) is 0 Å². The highest BCUT2D eigenvalue weighted by Gasteiger charge is 2.14. The molecule has 3 aromatic carbocycles. The highest BCUT2D eigenvalue weighted by molar-refractivity contribution is 5.84. The summed E-state index contributed by atoms with van der Waals surface area (Å²) < 4.78 is 11.3. The van der Waals surface area contributed by atoms with E-state index in [0.717, 1.165) is 11.1 Å². The summed E-state index contributed by atoms with van der Waals surface area (Å²) in [7, 11) is 0. The number of carbonyl (C=O) groups excluding carboxylic acids is 1. The van der Waals surface area contributed by atoms with Gasteiger partial charge in [-0.25, -0.2) is 5.43 Å². The van der Waals surface area contributed by atoms with Crippen LogP contribution in [0.4, 0.5) is 5.69 Å². The Morgan fingerprint density at radius 2 is 1.81 bits per heavy atom. The molecule has 31 heavy (non-hydrogen) atoms. The van der Waals surface area contributed by atoms with Crippen molar-refractivity contribution in [3.05, 3.63) is 100 Å². The van der Waals surface area contributed by atoms with E-state index in [9.17, 15) is 14.9 Å². The molecule has 3 aromatic rings. The van der Waals surface area contributed by atoms with Gasteiger partial charge in [-0.05, 0) is 42.3 Å². The van der Waals surface area contributed by atoms with Crippen LogP contribution >= 0.6 is 0 Å². The highest BCUT2D eigenvalue weighted by Crippen LogP contribution is 2.18.